The third-order valence-corrected chi connectivity index (χ3v) is 2.65. The zero-order chi connectivity index (χ0) is 12.8. The maximum atomic E-state index is 10.9. The summed E-state index contributed by atoms with van der Waals surface area (Å²) in [5.41, 5.74) is 6.94. The lowest BCUT2D eigenvalue weighted by Crippen LogP contribution is -2.13. The SMILES string of the molecule is COc1ccc(C(N)CCC(C)=O)c(OC)c1. The van der Waals surface area contributed by atoms with Gasteiger partial charge in [-0.1, -0.05) is 6.07 Å². The first-order valence-electron chi connectivity index (χ1n) is 5.55. The topological polar surface area (TPSA) is 61.5 Å². The van der Waals surface area contributed by atoms with Crippen molar-refractivity contribution in [1.82, 2.24) is 0 Å². The minimum absolute atomic E-state index is 0.146. The first-order chi connectivity index (χ1) is 8.08. The van der Waals surface area contributed by atoms with Crippen LogP contribution in [0.15, 0.2) is 18.2 Å². The second-order valence-electron chi connectivity index (χ2n) is 3.96. The fourth-order valence-electron chi connectivity index (χ4n) is 1.64. The van der Waals surface area contributed by atoms with Crippen LogP contribution in [0.5, 0.6) is 11.5 Å². The van der Waals surface area contributed by atoms with E-state index in [4.69, 9.17) is 15.2 Å². The molecule has 0 radical (unpaired) electrons. The zero-order valence-corrected chi connectivity index (χ0v) is 10.5. The van der Waals surface area contributed by atoms with Crippen molar-refractivity contribution < 1.29 is 14.3 Å². The van der Waals surface area contributed by atoms with Crippen LogP contribution < -0.4 is 15.2 Å². The highest BCUT2D eigenvalue weighted by Crippen LogP contribution is 2.30. The van der Waals surface area contributed by atoms with E-state index in [1.165, 1.54) is 0 Å². The molecule has 0 heterocycles. The highest BCUT2D eigenvalue weighted by atomic mass is 16.5. The number of methoxy groups -OCH3 is 2. The predicted molar refractivity (Wildman–Crippen MR) is 66.4 cm³/mol. The van der Waals surface area contributed by atoms with E-state index in [9.17, 15) is 4.79 Å². The van der Waals surface area contributed by atoms with Crippen LogP contribution in [-0.2, 0) is 4.79 Å². The van der Waals surface area contributed by atoms with Gasteiger partial charge in [0, 0.05) is 24.1 Å². The van der Waals surface area contributed by atoms with Crippen LogP contribution in [-0.4, -0.2) is 20.0 Å². The molecule has 0 bridgehead atoms. The van der Waals surface area contributed by atoms with E-state index < -0.39 is 0 Å². The summed E-state index contributed by atoms with van der Waals surface area (Å²) >= 11 is 0. The van der Waals surface area contributed by atoms with Crippen LogP contribution in [0.1, 0.15) is 31.4 Å². The number of hydrogen-bond acceptors (Lipinski definition) is 4. The van der Waals surface area contributed by atoms with Gasteiger partial charge < -0.3 is 20.0 Å². The van der Waals surface area contributed by atoms with Crippen molar-refractivity contribution in [3.8, 4) is 11.5 Å². The molecule has 1 aromatic rings. The van der Waals surface area contributed by atoms with Crippen molar-refractivity contribution in [2.75, 3.05) is 14.2 Å². The molecule has 0 aliphatic heterocycles. The normalized spacial score (nSPS) is 12.0. The number of nitrogens with two attached hydrogens (primary N) is 1. The number of rotatable bonds is 6. The molecule has 17 heavy (non-hydrogen) atoms. The van der Waals surface area contributed by atoms with Crippen LogP contribution >= 0.6 is 0 Å². The molecule has 0 saturated carbocycles. The number of ether oxygens (including phenoxy) is 2. The maximum absolute atomic E-state index is 10.9. The van der Waals surface area contributed by atoms with Gasteiger partial charge >= 0.3 is 0 Å². The van der Waals surface area contributed by atoms with Crippen LogP contribution in [0.25, 0.3) is 0 Å². The highest BCUT2D eigenvalue weighted by Gasteiger charge is 2.13. The summed E-state index contributed by atoms with van der Waals surface area (Å²) in [5.74, 6) is 1.57. The second kappa shape index (κ2) is 6.25. The van der Waals surface area contributed by atoms with Gasteiger partial charge in [0.05, 0.1) is 14.2 Å². The molecule has 0 aliphatic carbocycles. The van der Waals surface area contributed by atoms with E-state index in [0.29, 0.717) is 18.6 Å². The van der Waals surface area contributed by atoms with E-state index >= 15 is 0 Å². The molecule has 0 amide bonds. The standard InChI is InChI=1S/C13H19NO3/c1-9(15)4-7-12(14)11-6-5-10(16-2)8-13(11)17-3/h5-6,8,12H,4,7,14H2,1-3H3. The Morgan fingerprint density at radius 2 is 2.06 bits per heavy atom. The van der Waals surface area contributed by atoms with Gasteiger partial charge in [0.2, 0.25) is 0 Å². The molecule has 94 valence electrons. The van der Waals surface area contributed by atoms with Crippen LogP contribution in [0.3, 0.4) is 0 Å². The van der Waals surface area contributed by atoms with Gasteiger partial charge in [-0.15, -0.1) is 0 Å². The van der Waals surface area contributed by atoms with Gasteiger partial charge in [0.25, 0.3) is 0 Å². The monoisotopic (exact) mass is 237 g/mol. The average Bonchev–Trinajstić information content (AvgIpc) is 2.34. The lowest BCUT2D eigenvalue weighted by Gasteiger charge is -2.16. The smallest absolute Gasteiger partial charge is 0.129 e. The first kappa shape index (κ1) is 13.5. The van der Waals surface area contributed by atoms with Gasteiger partial charge in [-0.3, -0.25) is 0 Å². The summed E-state index contributed by atoms with van der Waals surface area (Å²) in [7, 11) is 3.19. The Bertz CT molecular complexity index is 390. The van der Waals surface area contributed by atoms with E-state index in [1.807, 2.05) is 12.1 Å². The average molecular weight is 237 g/mol. The minimum atomic E-state index is -0.195. The molecule has 0 spiro atoms. The maximum Gasteiger partial charge on any atom is 0.129 e. The molecule has 1 aromatic carbocycles. The molecule has 2 N–H and O–H groups in total. The Kier molecular flexibility index (Phi) is 4.97. The Morgan fingerprint density at radius 1 is 1.35 bits per heavy atom. The van der Waals surface area contributed by atoms with E-state index in [2.05, 4.69) is 0 Å². The summed E-state index contributed by atoms with van der Waals surface area (Å²) in [6.45, 7) is 1.57. The number of benzene rings is 1. The molecule has 1 rings (SSSR count). The molecular weight excluding hydrogens is 218 g/mol. The molecular formula is C13H19NO3. The second-order valence-corrected chi connectivity index (χ2v) is 3.96. The van der Waals surface area contributed by atoms with Crippen molar-refractivity contribution >= 4 is 5.78 Å². The van der Waals surface area contributed by atoms with Crippen molar-refractivity contribution in [2.24, 2.45) is 5.73 Å². The summed E-state index contributed by atoms with van der Waals surface area (Å²) in [4.78, 5) is 10.9. The molecule has 1 atom stereocenters. The summed E-state index contributed by atoms with van der Waals surface area (Å²) in [6, 6.07) is 5.32. The number of ketones is 1. The number of carbonyl (C=O) groups excluding carboxylic acids is 1. The molecule has 4 heteroatoms. The summed E-state index contributed by atoms with van der Waals surface area (Å²) in [5, 5.41) is 0. The van der Waals surface area contributed by atoms with E-state index in [0.717, 1.165) is 11.3 Å². The predicted octanol–water partition coefficient (Wildman–Crippen LogP) is 2.07. The quantitative estimate of drug-likeness (QED) is 0.822. The molecule has 0 saturated heterocycles. The first-order valence-corrected chi connectivity index (χ1v) is 5.55. The number of carbonyl (C=O) groups is 1. The third-order valence-electron chi connectivity index (χ3n) is 2.65. The Balaban J connectivity index is 2.84. The van der Waals surface area contributed by atoms with Crippen LogP contribution in [0.2, 0.25) is 0 Å². The van der Waals surface area contributed by atoms with E-state index in [-0.39, 0.29) is 11.8 Å². The lowest BCUT2D eigenvalue weighted by molar-refractivity contribution is -0.117. The van der Waals surface area contributed by atoms with Crippen molar-refractivity contribution in [3.05, 3.63) is 23.8 Å². The van der Waals surface area contributed by atoms with Crippen molar-refractivity contribution in [3.63, 3.8) is 0 Å². The Hall–Kier alpha value is -1.55. The highest BCUT2D eigenvalue weighted by molar-refractivity contribution is 5.75. The fraction of sp³-hybridized carbons (Fsp3) is 0.462. The van der Waals surface area contributed by atoms with Gasteiger partial charge in [0.1, 0.15) is 17.3 Å². The fourth-order valence-corrected chi connectivity index (χ4v) is 1.64. The lowest BCUT2D eigenvalue weighted by atomic mass is 10.0. The van der Waals surface area contributed by atoms with Gasteiger partial charge in [-0.25, -0.2) is 0 Å². The van der Waals surface area contributed by atoms with Crippen LogP contribution in [0.4, 0.5) is 0 Å². The van der Waals surface area contributed by atoms with Gasteiger partial charge in [-0.05, 0) is 19.4 Å². The molecule has 0 aliphatic rings. The molecule has 1 unspecified atom stereocenters. The van der Waals surface area contributed by atoms with E-state index in [1.54, 1.807) is 27.2 Å². The Labute approximate surface area is 102 Å². The molecule has 0 aromatic heterocycles. The molecule has 0 fully saturated rings. The van der Waals surface area contributed by atoms with Gasteiger partial charge in [-0.2, -0.15) is 0 Å². The summed E-state index contributed by atoms with van der Waals surface area (Å²) in [6.07, 6.45) is 1.11. The van der Waals surface area contributed by atoms with Crippen molar-refractivity contribution in [2.45, 2.75) is 25.8 Å². The minimum Gasteiger partial charge on any atom is -0.497 e. The van der Waals surface area contributed by atoms with Crippen LogP contribution in [0, 0.1) is 0 Å². The third kappa shape index (κ3) is 3.75. The van der Waals surface area contributed by atoms with Gasteiger partial charge in [0.15, 0.2) is 0 Å². The summed E-state index contributed by atoms with van der Waals surface area (Å²) < 4.78 is 10.4. The number of hydrogen-bond donors (Lipinski definition) is 1. The zero-order valence-electron chi connectivity index (χ0n) is 10.5. The molecule has 4 nitrogen and oxygen atoms in total. The van der Waals surface area contributed by atoms with Crippen molar-refractivity contribution in [1.29, 1.82) is 0 Å². The largest absolute Gasteiger partial charge is 0.497 e. The number of Topliss-reactive ketones (excluding diaryl/α,β-unsaturated/α-hetero) is 1. The Morgan fingerprint density at radius 3 is 2.59 bits per heavy atom.